The van der Waals surface area contributed by atoms with E-state index in [0.29, 0.717) is 21.6 Å². The molecule has 0 aliphatic heterocycles. The zero-order chi connectivity index (χ0) is 17.3. The van der Waals surface area contributed by atoms with Gasteiger partial charge in [-0.3, -0.25) is 0 Å². The van der Waals surface area contributed by atoms with E-state index in [9.17, 15) is 15.0 Å². The van der Waals surface area contributed by atoms with E-state index < -0.39 is 5.97 Å². The molecule has 3 rings (SSSR count). The van der Waals surface area contributed by atoms with Crippen LogP contribution in [0, 0.1) is 0 Å². The summed E-state index contributed by atoms with van der Waals surface area (Å²) >= 11 is 6.01. The van der Waals surface area contributed by atoms with Crippen LogP contribution in [0.3, 0.4) is 0 Å². The first-order valence-corrected chi connectivity index (χ1v) is 7.52. The predicted octanol–water partition coefficient (Wildman–Crippen LogP) is 1.64. The Bertz CT molecular complexity index is 943. The number of methoxy groups -OCH3 is 1. The van der Waals surface area contributed by atoms with Crippen LogP contribution in [0.2, 0.25) is 5.02 Å². The lowest BCUT2D eigenvalue weighted by Crippen LogP contribution is -2.49. The Kier molecular flexibility index (Phi) is 4.22. The van der Waals surface area contributed by atoms with Gasteiger partial charge in [0.25, 0.3) is 6.54 Å². The van der Waals surface area contributed by atoms with Crippen LogP contribution in [0.5, 0.6) is 11.9 Å². The van der Waals surface area contributed by atoms with Crippen LogP contribution in [-0.2, 0) is 16.1 Å². The van der Waals surface area contributed by atoms with Crippen LogP contribution in [0.4, 0.5) is 0 Å². The number of rotatable bonds is 3. The van der Waals surface area contributed by atoms with E-state index in [1.807, 2.05) is 0 Å². The van der Waals surface area contributed by atoms with E-state index >= 15 is 0 Å². The third kappa shape index (κ3) is 2.72. The fraction of sp³-hybridized carbons (Fsp3) is 0.118. The van der Waals surface area contributed by atoms with Gasteiger partial charge in [0.05, 0.1) is 7.11 Å². The number of ether oxygens (including phenoxy) is 1. The third-order valence-electron chi connectivity index (χ3n) is 3.67. The highest BCUT2D eigenvalue weighted by Crippen LogP contribution is 2.23. The largest absolute Gasteiger partial charge is 0.638 e. The van der Waals surface area contributed by atoms with Gasteiger partial charge in [0.1, 0.15) is 0 Å². The van der Waals surface area contributed by atoms with Crippen molar-refractivity contribution in [1.29, 1.82) is 0 Å². The fourth-order valence-electron chi connectivity index (χ4n) is 2.54. The Hall–Kier alpha value is -2.86. The summed E-state index contributed by atoms with van der Waals surface area (Å²) in [4.78, 5) is 11.7. The molecule has 6 nitrogen and oxygen atoms in total. The summed E-state index contributed by atoms with van der Waals surface area (Å²) in [7, 11) is 1.27. The van der Waals surface area contributed by atoms with Crippen LogP contribution >= 0.6 is 11.6 Å². The van der Waals surface area contributed by atoms with Crippen molar-refractivity contribution in [2.45, 2.75) is 6.54 Å². The molecule has 7 heteroatoms. The quantitative estimate of drug-likeness (QED) is 0.558. The molecule has 0 amide bonds. The molecule has 3 aromatic rings. The number of hydrogen-bond acceptors (Lipinski definition) is 4. The number of carbonyl (C=O) groups is 1. The Morgan fingerprint density at radius 3 is 2.62 bits per heavy atom. The first-order valence-electron chi connectivity index (χ1n) is 7.14. The molecule has 122 valence electrons. The number of nitrogens with zero attached hydrogens (tertiary/aromatic N) is 2. The third-order valence-corrected chi connectivity index (χ3v) is 3.91. The smallest absolute Gasteiger partial charge is 0.464 e. The van der Waals surface area contributed by atoms with Gasteiger partial charge in [-0.2, -0.15) is 0 Å². The first kappa shape index (κ1) is 16.0. The molecule has 1 heterocycles. The second-order valence-corrected chi connectivity index (χ2v) is 5.55. The summed E-state index contributed by atoms with van der Waals surface area (Å²) in [5.74, 6) is -0.685. The highest BCUT2D eigenvalue weighted by molar-refractivity contribution is 6.30. The first-order chi connectivity index (χ1) is 11.5. The highest BCUT2D eigenvalue weighted by atomic mass is 35.5. The van der Waals surface area contributed by atoms with Crippen molar-refractivity contribution in [2.75, 3.05) is 7.11 Å². The monoisotopic (exact) mass is 346 g/mol. The Morgan fingerprint density at radius 1 is 1.17 bits per heavy atom. The molecule has 0 radical (unpaired) electrons. The van der Waals surface area contributed by atoms with Gasteiger partial charge in [-0.1, -0.05) is 34.4 Å². The molecular formula is C17H15ClN2O4+2. The highest BCUT2D eigenvalue weighted by Gasteiger charge is 2.36. The minimum Gasteiger partial charge on any atom is -0.464 e. The maximum absolute atomic E-state index is 11.7. The second kappa shape index (κ2) is 6.33. The van der Waals surface area contributed by atoms with Crippen molar-refractivity contribution >= 4 is 28.5 Å². The van der Waals surface area contributed by atoms with E-state index in [1.165, 1.54) is 16.2 Å². The van der Waals surface area contributed by atoms with Crippen molar-refractivity contribution in [2.24, 2.45) is 0 Å². The second-order valence-electron chi connectivity index (χ2n) is 5.12. The molecule has 1 aromatic heterocycles. The summed E-state index contributed by atoms with van der Waals surface area (Å²) in [5, 5.41) is 22.2. The van der Waals surface area contributed by atoms with Crippen molar-refractivity contribution < 1.29 is 28.9 Å². The summed E-state index contributed by atoms with van der Waals surface area (Å²) < 4.78 is 7.27. The number of aromatic nitrogens is 2. The van der Waals surface area contributed by atoms with E-state index in [-0.39, 0.29) is 18.4 Å². The van der Waals surface area contributed by atoms with E-state index in [0.717, 1.165) is 0 Å². The maximum Gasteiger partial charge on any atom is 0.638 e. The van der Waals surface area contributed by atoms with Crippen molar-refractivity contribution in [3.05, 3.63) is 53.6 Å². The van der Waals surface area contributed by atoms with E-state index in [2.05, 4.69) is 4.74 Å². The number of fused-ring (bicyclic) bond motifs is 1. The molecule has 0 saturated heterocycles. The van der Waals surface area contributed by atoms with Crippen molar-refractivity contribution in [3.8, 4) is 17.6 Å². The lowest BCUT2D eigenvalue weighted by molar-refractivity contribution is -0.775. The number of carbonyl (C=O) groups excluding carboxylic acids is 1. The van der Waals surface area contributed by atoms with Crippen LogP contribution in [0.1, 0.15) is 0 Å². The number of esters is 1. The zero-order valence-corrected chi connectivity index (χ0v) is 13.6. The number of aromatic hydroxyl groups is 2. The van der Waals surface area contributed by atoms with Crippen LogP contribution in [0.25, 0.3) is 16.6 Å². The van der Waals surface area contributed by atoms with Gasteiger partial charge in [-0.05, 0) is 16.7 Å². The molecule has 0 spiro atoms. The lowest BCUT2D eigenvalue weighted by atomic mass is 10.2. The minimum absolute atomic E-state index is 0.161. The standard InChI is InChI=1S/C17H13ClN2O4/c1-24-15(21)10-19-14-8-3-2-7-13(14)16(22)20(17(19)23)12-6-4-5-11(18)9-12/h2-9H,10H2,1H3/p+2. The predicted molar refractivity (Wildman–Crippen MR) is 86.0 cm³/mol. The topological polar surface area (TPSA) is 74.5 Å². The van der Waals surface area contributed by atoms with Gasteiger partial charge in [-0.15, -0.1) is 0 Å². The fourth-order valence-corrected chi connectivity index (χ4v) is 2.73. The molecule has 2 N–H and O–H groups in total. The molecule has 0 atom stereocenters. The SMILES string of the molecule is COC(=O)C[n+]1c(O)[n+](-c2cccc(Cl)c2)c(O)c2ccccc21. The van der Waals surface area contributed by atoms with Crippen LogP contribution in [-0.4, -0.2) is 23.3 Å². The summed E-state index contributed by atoms with van der Waals surface area (Å²) in [6, 6.07) is 13.2. The molecule has 0 unspecified atom stereocenters. The van der Waals surface area contributed by atoms with Gasteiger partial charge in [0.15, 0.2) is 5.39 Å². The number of hydrogen-bond donors (Lipinski definition) is 2. The molecule has 24 heavy (non-hydrogen) atoms. The van der Waals surface area contributed by atoms with Crippen LogP contribution < -0.4 is 9.13 Å². The van der Waals surface area contributed by atoms with Gasteiger partial charge < -0.3 is 14.9 Å². The summed E-state index contributed by atoms with van der Waals surface area (Å²) in [5.41, 5.74) is 0.957. The molecule has 0 fully saturated rings. The van der Waals surface area contributed by atoms with Gasteiger partial charge >= 0.3 is 17.9 Å². The van der Waals surface area contributed by atoms with E-state index in [1.54, 1.807) is 48.5 Å². The Morgan fingerprint density at radius 2 is 1.92 bits per heavy atom. The average Bonchev–Trinajstić information content (AvgIpc) is 2.58. The van der Waals surface area contributed by atoms with Crippen molar-refractivity contribution in [1.82, 2.24) is 0 Å². The van der Waals surface area contributed by atoms with Gasteiger partial charge in [0, 0.05) is 23.2 Å². The molecule has 2 aromatic carbocycles. The number of para-hydroxylation sites is 1. The molecular weight excluding hydrogens is 332 g/mol. The average molecular weight is 347 g/mol. The minimum atomic E-state index is -0.524. The molecule has 0 saturated carbocycles. The Balaban J connectivity index is 2.35. The normalized spacial score (nSPS) is 10.8. The summed E-state index contributed by atoms with van der Waals surface area (Å²) in [6.07, 6.45) is 0. The van der Waals surface area contributed by atoms with Gasteiger partial charge in [0.2, 0.25) is 11.2 Å². The summed E-state index contributed by atoms with van der Waals surface area (Å²) in [6.45, 7) is -0.205. The molecule has 0 aliphatic rings. The maximum atomic E-state index is 11.7. The lowest BCUT2D eigenvalue weighted by Gasteiger charge is -2.04. The van der Waals surface area contributed by atoms with E-state index in [4.69, 9.17) is 11.6 Å². The number of halogens is 1. The van der Waals surface area contributed by atoms with Gasteiger partial charge in [-0.25, -0.2) is 4.79 Å². The molecule has 0 aliphatic carbocycles. The Labute approximate surface area is 142 Å². The van der Waals surface area contributed by atoms with Crippen LogP contribution in [0.15, 0.2) is 48.5 Å². The molecule has 0 bridgehead atoms. The number of benzene rings is 2. The zero-order valence-electron chi connectivity index (χ0n) is 12.8. The van der Waals surface area contributed by atoms with Crippen molar-refractivity contribution in [3.63, 3.8) is 0 Å².